The number of aliphatic carboxylic acids is 1. The van der Waals surface area contributed by atoms with Crippen LogP contribution in [0.5, 0.6) is 0 Å². The minimum Gasteiger partial charge on any atom is -0.475 e. The Bertz CT molecular complexity index is 638. The first-order chi connectivity index (χ1) is 11.6. The third-order valence-corrected chi connectivity index (χ3v) is 4.32. The normalized spacial score (nSPS) is 20.0. The van der Waals surface area contributed by atoms with E-state index in [0.717, 1.165) is 31.4 Å². The van der Waals surface area contributed by atoms with Gasteiger partial charge in [-0.25, -0.2) is 4.79 Å². The number of carboxylic acid groups (broad SMARTS) is 1. The van der Waals surface area contributed by atoms with Gasteiger partial charge in [0.2, 0.25) is 0 Å². The largest absolute Gasteiger partial charge is 0.490 e. The van der Waals surface area contributed by atoms with E-state index in [4.69, 9.17) is 32.5 Å². The van der Waals surface area contributed by atoms with Gasteiger partial charge in [-0.3, -0.25) is 0 Å². The number of nitrogens with two attached hydrogens (primary N) is 1. The molecule has 0 saturated heterocycles. The van der Waals surface area contributed by atoms with Crippen LogP contribution in [0.15, 0.2) is 18.2 Å². The lowest BCUT2D eigenvalue weighted by atomic mass is 9.91. The van der Waals surface area contributed by atoms with Gasteiger partial charge in [0.25, 0.3) is 0 Å². The number of alkyl halides is 3. The molecule has 0 spiro atoms. The number of nitriles is 1. The molecule has 0 bridgehead atoms. The first kappa shape index (κ1) is 21.1. The predicted octanol–water partition coefficient (Wildman–Crippen LogP) is 3.55. The number of hydrogen-bond donors (Lipinski definition) is 2. The van der Waals surface area contributed by atoms with Crippen LogP contribution in [-0.4, -0.2) is 36.4 Å². The first-order valence-corrected chi connectivity index (χ1v) is 7.92. The number of rotatable bonds is 2. The molecule has 1 aliphatic rings. The van der Waals surface area contributed by atoms with Gasteiger partial charge in [0.05, 0.1) is 10.6 Å². The zero-order valence-corrected chi connectivity index (χ0v) is 14.3. The van der Waals surface area contributed by atoms with Gasteiger partial charge < -0.3 is 15.7 Å². The van der Waals surface area contributed by atoms with Crippen molar-refractivity contribution in [3.05, 3.63) is 28.8 Å². The van der Waals surface area contributed by atoms with Gasteiger partial charge in [-0.15, -0.1) is 0 Å². The van der Waals surface area contributed by atoms with E-state index in [1.807, 2.05) is 12.1 Å². The second kappa shape index (κ2) is 8.92. The molecule has 2 rings (SSSR count). The van der Waals surface area contributed by atoms with Crippen molar-refractivity contribution in [2.24, 2.45) is 5.73 Å². The highest BCUT2D eigenvalue weighted by Gasteiger charge is 2.38. The molecule has 3 N–H and O–H groups in total. The summed E-state index contributed by atoms with van der Waals surface area (Å²) in [5.41, 5.74) is 7.52. The summed E-state index contributed by atoms with van der Waals surface area (Å²) in [4.78, 5) is 11.1. The topological polar surface area (TPSA) is 90.4 Å². The number of carboxylic acids is 1. The Kier molecular flexibility index (Phi) is 7.52. The molecule has 1 aliphatic carbocycles. The number of anilines is 1. The molecule has 0 amide bonds. The fraction of sp³-hybridized carbons (Fsp3) is 0.500. The van der Waals surface area contributed by atoms with Gasteiger partial charge in [0.1, 0.15) is 6.07 Å². The molecule has 0 aromatic heterocycles. The second-order valence-electron chi connectivity index (χ2n) is 5.76. The summed E-state index contributed by atoms with van der Waals surface area (Å²) in [5, 5.41) is 16.5. The zero-order chi connectivity index (χ0) is 19.2. The van der Waals surface area contributed by atoms with E-state index >= 15 is 0 Å². The van der Waals surface area contributed by atoms with Crippen LogP contribution < -0.4 is 10.6 Å². The summed E-state index contributed by atoms with van der Waals surface area (Å²) < 4.78 is 31.7. The number of nitrogens with zero attached hydrogens (tertiary/aromatic N) is 2. The van der Waals surface area contributed by atoms with E-state index in [-0.39, 0.29) is 0 Å². The molecule has 0 unspecified atom stereocenters. The molecule has 0 aliphatic heterocycles. The molecule has 1 fully saturated rings. The Morgan fingerprint density at radius 3 is 2.28 bits per heavy atom. The highest BCUT2D eigenvalue weighted by atomic mass is 35.5. The van der Waals surface area contributed by atoms with E-state index in [0.29, 0.717) is 22.7 Å². The fourth-order valence-corrected chi connectivity index (χ4v) is 2.73. The van der Waals surface area contributed by atoms with E-state index < -0.39 is 12.1 Å². The Morgan fingerprint density at radius 1 is 1.36 bits per heavy atom. The minimum atomic E-state index is -5.08. The molecule has 1 aromatic carbocycles. The molecular formula is C16H19ClF3N3O2. The van der Waals surface area contributed by atoms with Crippen molar-refractivity contribution in [3.8, 4) is 6.07 Å². The summed E-state index contributed by atoms with van der Waals surface area (Å²) in [5.74, 6) is -2.76. The molecule has 1 aromatic rings. The van der Waals surface area contributed by atoms with Gasteiger partial charge in [0.15, 0.2) is 0 Å². The molecular weight excluding hydrogens is 359 g/mol. The van der Waals surface area contributed by atoms with Gasteiger partial charge in [0, 0.05) is 24.8 Å². The molecule has 9 heteroatoms. The van der Waals surface area contributed by atoms with Crippen molar-refractivity contribution in [2.75, 3.05) is 11.9 Å². The lowest BCUT2D eigenvalue weighted by Crippen LogP contribution is -2.38. The summed E-state index contributed by atoms with van der Waals surface area (Å²) in [6, 6.07) is 8.57. The van der Waals surface area contributed by atoms with Crippen LogP contribution in [0.25, 0.3) is 0 Å². The zero-order valence-electron chi connectivity index (χ0n) is 13.6. The van der Waals surface area contributed by atoms with Crippen LogP contribution in [0.1, 0.15) is 31.2 Å². The lowest BCUT2D eigenvalue weighted by molar-refractivity contribution is -0.192. The van der Waals surface area contributed by atoms with Crippen molar-refractivity contribution in [2.45, 2.75) is 43.9 Å². The Morgan fingerprint density at radius 2 is 1.88 bits per heavy atom. The summed E-state index contributed by atoms with van der Waals surface area (Å²) >= 11 is 6.07. The van der Waals surface area contributed by atoms with Crippen LogP contribution >= 0.6 is 11.6 Å². The number of hydrogen-bond acceptors (Lipinski definition) is 4. The van der Waals surface area contributed by atoms with Crippen molar-refractivity contribution in [3.63, 3.8) is 0 Å². The number of benzene rings is 1. The molecule has 0 heterocycles. The standard InChI is InChI=1S/C14H18ClN3.C2HF3O2/c1-18(12-6-3-11(17)4-7-12)13-5-2-10(9-16)14(15)8-13;3-2(4,5)1(6)7/h2,5,8,11-12H,3-4,6-7,17H2,1H3;(H,6,7). The molecule has 138 valence electrons. The average Bonchev–Trinajstić information content (AvgIpc) is 2.54. The van der Waals surface area contributed by atoms with E-state index in [1.54, 1.807) is 6.07 Å². The van der Waals surface area contributed by atoms with E-state index in [1.165, 1.54) is 0 Å². The molecule has 5 nitrogen and oxygen atoms in total. The molecule has 25 heavy (non-hydrogen) atoms. The molecule has 1 saturated carbocycles. The number of halogens is 4. The Labute approximate surface area is 148 Å². The highest BCUT2D eigenvalue weighted by molar-refractivity contribution is 6.32. The maximum atomic E-state index is 10.6. The fourth-order valence-electron chi connectivity index (χ4n) is 2.51. The maximum Gasteiger partial charge on any atom is 0.490 e. The Hall–Kier alpha value is -1.98. The van der Waals surface area contributed by atoms with Crippen molar-refractivity contribution >= 4 is 23.3 Å². The van der Waals surface area contributed by atoms with E-state index in [9.17, 15) is 13.2 Å². The van der Waals surface area contributed by atoms with Crippen LogP contribution in [-0.2, 0) is 4.79 Å². The minimum absolute atomic E-state index is 0.360. The quantitative estimate of drug-likeness (QED) is 0.822. The third-order valence-electron chi connectivity index (χ3n) is 4.01. The van der Waals surface area contributed by atoms with Gasteiger partial charge in [-0.05, 0) is 43.9 Å². The van der Waals surface area contributed by atoms with Crippen LogP contribution in [0.4, 0.5) is 18.9 Å². The number of carbonyl (C=O) groups is 1. The van der Waals surface area contributed by atoms with Gasteiger partial charge >= 0.3 is 12.1 Å². The average molecular weight is 378 g/mol. The van der Waals surface area contributed by atoms with Gasteiger partial charge in [-0.2, -0.15) is 18.4 Å². The van der Waals surface area contributed by atoms with E-state index in [2.05, 4.69) is 18.0 Å². The Balaban J connectivity index is 0.000000381. The molecule has 0 atom stereocenters. The van der Waals surface area contributed by atoms with Crippen molar-refractivity contribution < 1.29 is 23.1 Å². The summed E-state index contributed by atoms with van der Waals surface area (Å²) in [6.07, 6.45) is -0.678. The molecule has 0 radical (unpaired) electrons. The van der Waals surface area contributed by atoms with Crippen molar-refractivity contribution in [1.82, 2.24) is 0 Å². The first-order valence-electron chi connectivity index (χ1n) is 7.54. The predicted molar refractivity (Wildman–Crippen MR) is 88.5 cm³/mol. The monoisotopic (exact) mass is 377 g/mol. The van der Waals surface area contributed by atoms with Crippen molar-refractivity contribution in [1.29, 1.82) is 5.26 Å². The summed E-state index contributed by atoms with van der Waals surface area (Å²) in [7, 11) is 2.08. The lowest BCUT2D eigenvalue weighted by Gasteiger charge is -2.35. The highest BCUT2D eigenvalue weighted by Crippen LogP contribution is 2.28. The van der Waals surface area contributed by atoms with Crippen LogP contribution in [0, 0.1) is 11.3 Å². The van der Waals surface area contributed by atoms with Crippen LogP contribution in [0.3, 0.4) is 0 Å². The smallest absolute Gasteiger partial charge is 0.475 e. The van der Waals surface area contributed by atoms with Gasteiger partial charge in [-0.1, -0.05) is 11.6 Å². The summed E-state index contributed by atoms with van der Waals surface area (Å²) in [6.45, 7) is 0. The van der Waals surface area contributed by atoms with Crippen LogP contribution in [0.2, 0.25) is 5.02 Å². The maximum absolute atomic E-state index is 10.6. The SMILES string of the molecule is CN(c1ccc(C#N)c(Cl)c1)C1CCC(N)CC1.O=C(O)C(F)(F)F. The third kappa shape index (κ3) is 6.44. The second-order valence-corrected chi connectivity index (χ2v) is 6.17.